The lowest BCUT2D eigenvalue weighted by molar-refractivity contribution is -0.138. The van der Waals surface area contributed by atoms with Gasteiger partial charge in [0.15, 0.2) is 0 Å². The Morgan fingerprint density at radius 1 is 1.24 bits per heavy atom. The highest BCUT2D eigenvalue weighted by Gasteiger charge is 2.39. The van der Waals surface area contributed by atoms with Crippen LogP contribution in [0.1, 0.15) is 45.4 Å². The number of aliphatic hydroxyl groups excluding tert-OH is 1. The summed E-state index contributed by atoms with van der Waals surface area (Å²) in [6.45, 7) is 3.91. The highest BCUT2D eigenvalue weighted by atomic mass is 19.4. The van der Waals surface area contributed by atoms with E-state index in [-0.39, 0.29) is 18.6 Å². The van der Waals surface area contributed by atoms with Gasteiger partial charge in [-0.3, -0.25) is 0 Å². The molecule has 0 aromatic carbocycles. The summed E-state index contributed by atoms with van der Waals surface area (Å²) in [7, 11) is 0. The van der Waals surface area contributed by atoms with E-state index in [0.717, 1.165) is 45.2 Å². The third kappa shape index (κ3) is 4.83. The molecule has 2 unspecified atom stereocenters. The summed E-state index contributed by atoms with van der Waals surface area (Å²) >= 11 is 0. The minimum Gasteiger partial charge on any atom is -0.396 e. The van der Waals surface area contributed by atoms with Crippen LogP contribution >= 0.6 is 0 Å². The fourth-order valence-corrected chi connectivity index (χ4v) is 3.60. The van der Waals surface area contributed by atoms with Gasteiger partial charge in [0.05, 0.1) is 6.42 Å². The lowest BCUT2D eigenvalue weighted by Gasteiger charge is -2.38. The molecule has 0 amide bonds. The monoisotopic (exact) mass is 308 g/mol. The van der Waals surface area contributed by atoms with Gasteiger partial charge in [0.2, 0.25) is 0 Å². The minimum absolute atomic E-state index is 0.0343. The molecule has 2 aliphatic rings. The second kappa shape index (κ2) is 6.84. The van der Waals surface area contributed by atoms with Crippen LogP contribution in [0, 0.1) is 5.41 Å². The number of likely N-dealkylation sites (tertiary alicyclic amines) is 1. The molecule has 1 heterocycles. The van der Waals surface area contributed by atoms with E-state index < -0.39 is 12.6 Å². The smallest absolute Gasteiger partial charge is 0.390 e. The molecule has 2 fully saturated rings. The Morgan fingerprint density at radius 3 is 2.48 bits per heavy atom. The van der Waals surface area contributed by atoms with Crippen molar-refractivity contribution in [1.82, 2.24) is 10.2 Å². The largest absolute Gasteiger partial charge is 0.396 e. The summed E-state index contributed by atoms with van der Waals surface area (Å²) in [4.78, 5) is 1.91. The van der Waals surface area contributed by atoms with E-state index in [2.05, 4.69) is 12.2 Å². The van der Waals surface area contributed by atoms with Crippen LogP contribution < -0.4 is 5.32 Å². The zero-order valence-corrected chi connectivity index (χ0v) is 12.8. The number of rotatable bonds is 5. The van der Waals surface area contributed by atoms with E-state index in [0.29, 0.717) is 12.1 Å². The Balaban J connectivity index is 1.72. The SMILES string of the molecule is CC1(CO)CCCC1NC1CCN(CCC(F)(F)F)CC1. The maximum absolute atomic E-state index is 12.2. The van der Waals surface area contributed by atoms with E-state index in [4.69, 9.17) is 0 Å². The van der Waals surface area contributed by atoms with Gasteiger partial charge in [0, 0.05) is 30.7 Å². The van der Waals surface area contributed by atoms with Crippen LogP contribution in [0.15, 0.2) is 0 Å². The summed E-state index contributed by atoms with van der Waals surface area (Å²) in [5.74, 6) is 0. The van der Waals surface area contributed by atoms with Crippen molar-refractivity contribution in [2.24, 2.45) is 5.41 Å². The van der Waals surface area contributed by atoms with Crippen LogP contribution in [0.2, 0.25) is 0 Å². The molecule has 0 aromatic heterocycles. The Kier molecular flexibility index (Phi) is 5.54. The summed E-state index contributed by atoms with van der Waals surface area (Å²) in [6, 6.07) is 0.718. The molecule has 2 N–H and O–H groups in total. The fourth-order valence-electron chi connectivity index (χ4n) is 3.60. The average molecular weight is 308 g/mol. The van der Waals surface area contributed by atoms with E-state index >= 15 is 0 Å². The van der Waals surface area contributed by atoms with Gasteiger partial charge in [-0.2, -0.15) is 13.2 Å². The molecule has 6 heteroatoms. The number of hydrogen-bond acceptors (Lipinski definition) is 3. The topological polar surface area (TPSA) is 35.5 Å². The minimum atomic E-state index is -4.05. The molecule has 1 aliphatic heterocycles. The van der Waals surface area contributed by atoms with Gasteiger partial charge in [0.1, 0.15) is 0 Å². The molecule has 0 aromatic rings. The maximum Gasteiger partial charge on any atom is 0.390 e. The standard InChI is InChI=1S/C15H27F3N2O/c1-14(11-21)6-2-3-13(14)19-12-4-8-20(9-5-12)10-7-15(16,17)18/h12-13,19,21H,2-11H2,1H3. The van der Waals surface area contributed by atoms with Crippen molar-refractivity contribution in [3.05, 3.63) is 0 Å². The first kappa shape index (κ1) is 17.0. The first-order chi connectivity index (χ1) is 9.82. The van der Waals surface area contributed by atoms with Gasteiger partial charge < -0.3 is 15.3 Å². The van der Waals surface area contributed by atoms with Crippen molar-refractivity contribution in [3.63, 3.8) is 0 Å². The third-order valence-corrected chi connectivity index (χ3v) is 5.18. The number of hydrogen-bond donors (Lipinski definition) is 2. The number of aliphatic hydroxyl groups is 1. The van der Waals surface area contributed by atoms with E-state index in [9.17, 15) is 18.3 Å². The van der Waals surface area contributed by atoms with E-state index in [1.54, 1.807) is 0 Å². The van der Waals surface area contributed by atoms with Gasteiger partial charge in [0.25, 0.3) is 0 Å². The molecule has 0 radical (unpaired) electrons. The Hall–Kier alpha value is -0.330. The van der Waals surface area contributed by atoms with Crippen molar-refractivity contribution >= 4 is 0 Å². The van der Waals surface area contributed by atoms with E-state index in [1.165, 1.54) is 0 Å². The van der Waals surface area contributed by atoms with Crippen molar-refractivity contribution < 1.29 is 18.3 Å². The quantitative estimate of drug-likeness (QED) is 0.819. The molecule has 0 spiro atoms. The zero-order chi connectivity index (χ0) is 15.5. The van der Waals surface area contributed by atoms with Crippen molar-refractivity contribution in [1.29, 1.82) is 0 Å². The first-order valence-corrected chi connectivity index (χ1v) is 7.98. The highest BCUT2D eigenvalue weighted by Crippen LogP contribution is 2.38. The van der Waals surface area contributed by atoms with Crippen molar-refractivity contribution in [3.8, 4) is 0 Å². The predicted molar refractivity (Wildman–Crippen MR) is 76.1 cm³/mol. The van der Waals surface area contributed by atoms with Crippen LogP contribution in [0.3, 0.4) is 0 Å². The maximum atomic E-state index is 12.2. The number of nitrogens with one attached hydrogen (secondary N) is 1. The lowest BCUT2D eigenvalue weighted by Crippen LogP contribution is -2.50. The molecular weight excluding hydrogens is 281 g/mol. The number of piperidine rings is 1. The summed E-state index contributed by atoms with van der Waals surface area (Å²) in [5, 5.41) is 13.2. The molecule has 21 heavy (non-hydrogen) atoms. The van der Waals surface area contributed by atoms with Gasteiger partial charge in [-0.15, -0.1) is 0 Å². The Morgan fingerprint density at radius 2 is 1.90 bits per heavy atom. The molecular formula is C15H27F3N2O. The normalized spacial score (nSPS) is 32.7. The van der Waals surface area contributed by atoms with Crippen LogP contribution in [-0.4, -0.2) is 54.5 Å². The van der Waals surface area contributed by atoms with Crippen LogP contribution in [-0.2, 0) is 0 Å². The highest BCUT2D eigenvalue weighted by molar-refractivity contribution is 4.95. The molecule has 0 bridgehead atoms. The molecule has 1 aliphatic carbocycles. The molecule has 1 saturated carbocycles. The Labute approximate surface area is 124 Å². The van der Waals surface area contributed by atoms with Crippen LogP contribution in [0.4, 0.5) is 13.2 Å². The van der Waals surface area contributed by atoms with Gasteiger partial charge in [-0.25, -0.2) is 0 Å². The lowest BCUT2D eigenvalue weighted by atomic mass is 9.85. The zero-order valence-electron chi connectivity index (χ0n) is 12.8. The molecule has 124 valence electrons. The van der Waals surface area contributed by atoms with Crippen molar-refractivity contribution in [2.45, 2.75) is 63.7 Å². The summed E-state index contributed by atoms with van der Waals surface area (Å²) in [6.07, 6.45) is 0.306. The Bertz CT molecular complexity index is 329. The van der Waals surface area contributed by atoms with Gasteiger partial charge in [-0.05, 0) is 38.8 Å². The fraction of sp³-hybridized carbons (Fsp3) is 1.00. The second-order valence-corrected chi connectivity index (χ2v) is 6.90. The number of alkyl halides is 3. The second-order valence-electron chi connectivity index (χ2n) is 6.90. The predicted octanol–water partition coefficient (Wildman–Crippen LogP) is 2.54. The third-order valence-electron chi connectivity index (χ3n) is 5.18. The summed E-state index contributed by atoms with van der Waals surface area (Å²) < 4.78 is 36.7. The number of halogens is 3. The van der Waals surface area contributed by atoms with Crippen LogP contribution in [0.5, 0.6) is 0 Å². The van der Waals surface area contributed by atoms with Crippen LogP contribution in [0.25, 0.3) is 0 Å². The molecule has 2 rings (SSSR count). The average Bonchev–Trinajstić information content (AvgIpc) is 2.79. The van der Waals surface area contributed by atoms with Gasteiger partial charge in [-0.1, -0.05) is 13.3 Å². The number of nitrogens with zero attached hydrogens (tertiary/aromatic N) is 1. The first-order valence-electron chi connectivity index (χ1n) is 7.98. The van der Waals surface area contributed by atoms with Gasteiger partial charge >= 0.3 is 6.18 Å². The molecule has 1 saturated heterocycles. The molecule has 2 atom stereocenters. The van der Waals surface area contributed by atoms with E-state index in [1.807, 2.05) is 4.90 Å². The molecule has 3 nitrogen and oxygen atoms in total. The van der Waals surface area contributed by atoms with Crippen molar-refractivity contribution in [2.75, 3.05) is 26.2 Å². The summed E-state index contributed by atoms with van der Waals surface area (Å²) in [5.41, 5.74) is -0.0343.